The summed E-state index contributed by atoms with van der Waals surface area (Å²) in [5, 5.41) is 0.597. The first-order valence-electron chi connectivity index (χ1n) is 10.7. The highest BCUT2D eigenvalue weighted by Crippen LogP contribution is 2.39. The molecule has 2 heterocycles. The maximum atomic E-state index is 13.5. The molecule has 0 saturated carbocycles. The fraction of sp³-hybridized carbons (Fsp3) is 0.261. The molecule has 1 aromatic heterocycles. The highest BCUT2D eigenvalue weighted by molar-refractivity contribution is 9.10. The van der Waals surface area contributed by atoms with Crippen molar-refractivity contribution in [2.24, 2.45) is 0 Å². The van der Waals surface area contributed by atoms with E-state index in [2.05, 4.69) is 25.6 Å². The fourth-order valence-electron chi connectivity index (χ4n) is 3.58. The van der Waals surface area contributed by atoms with Crippen molar-refractivity contribution in [1.29, 1.82) is 0 Å². The van der Waals surface area contributed by atoms with Crippen molar-refractivity contribution in [3.05, 3.63) is 68.7 Å². The van der Waals surface area contributed by atoms with E-state index in [1.54, 1.807) is 6.07 Å². The molecule has 1 saturated heterocycles. The van der Waals surface area contributed by atoms with E-state index < -0.39 is 33.6 Å². The van der Waals surface area contributed by atoms with Gasteiger partial charge in [-0.3, -0.25) is 4.72 Å². The fourth-order valence-corrected chi connectivity index (χ4v) is 5.47. The number of halogens is 6. The summed E-state index contributed by atoms with van der Waals surface area (Å²) in [7, 11) is -2.38. The normalized spacial score (nSPS) is 16.6. The molecule has 2 aromatic carbocycles. The summed E-state index contributed by atoms with van der Waals surface area (Å²) >= 11 is 15.1. The van der Waals surface area contributed by atoms with Gasteiger partial charge in [0.1, 0.15) is 22.5 Å². The van der Waals surface area contributed by atoms with E-state index in [0.29, 0.717) is 30.3 Å². The van der Waals surface area contributed by atoms with Crippen LogP contribution in [-0.2, 0) is 16.2 Å². The van der Waals surface area contributed by atoms with E-state index in [0.717, 1.165) is 24.4 Å². The number of rotatable bonds is 7. The van der Waals surface area contributed by atoms with Gasteiger partial charge in [-0.15, -0.1) is 0 Å². The second-order valence-electron chi connectivity index (χ2n) is 8.24. The summed E-state index contributed by atoms with van der Waals surface area (Å²) in [5.74, 6) is -0.0659. The van der Waals surface area contributed by atoms with Crippen molar-refractivity contribution in [3.8, 4) is 17.4 Å². The molecule has 0 spiro atoms. The number of alkyl halides is 3. The first kappa shape index (κ1) is 27.8. The monoisotopic (exact) mass is 639 g/mol. The number of sulfonamides is 1. The van der Waals surface area contributed by atoms with Crippen LogP contribution in [0.4, 0.5) is 18.9 Å². The zero-order chi connectivity index (χ0) is 27.0. The zero-order valence-corrected chi connectivity index (χ0v) is 22.9. The van der Waals surface area contributed by atoms with Crippen LogP contribution in [0.25, 0.3) is 0 Å². The van der Waals surface area contributed by atoms with Crippen LogP contribution in [-0.4, -0.2) is 44.5 Å². The third-order valence-electron chi connectivity index (χ3n) is 5.38. The van der Waals surface area contributed by atoms with Gasteiger partial charge < -0.3 is 14.4 Å². The second-order valence-corrected chi connectivity index (χ2v) is 11.6. The van der Waals surface area contributed by atoms with E-state index in [1.807, 2.05) is 11.9 Å². The molecule has 0 amide bonds. The zero-order valence-electron chi connectivity index (χ0n) is 19.0. The van der Waals surface area contributed by atoms with Gasteiger partial charge in [-0.2, -0.15) is 13.2 Å². The van der Waals surface area contributed by atoms with Gasteiger partial charge in [0.25, 0.3) is 10.0 Å². The summed E-state index contributed by atoms with van der Waals surface area (Å²) in [6.45, 7) is 1.15. The average Bonchev–Trinajstić information content (AvgIpc) is 3.21. The Kier molecular flexibility index (Phi) is 8.15. The Hall–Kier alpha value is -2.25. The molecule has 0 aliphatic carbocycles. The number of ether oxygens (including phenoxy) is 2. The van der Waals surface area contributed by atoms with Gasteiger partial charge in [-0.05, 0) is 59.7 Å². The van der Waals surface area contributed by atoms with Crippen LogP contribution in [0, 0.1) is 0 Å². The van der Waals surface area contributed by atoms with Gasteiger partial charge in [-0.25, -0.2) is 13.4 Å². The number of benzene rings is 2. The summed E-state index contributed by atoms with van der Waals surface area (Å²) in [4.78, 5) is 5.72. The molecule has 37 heavy (non-hydrogen) atoms. The third-order valence-corrected chi connectivity index (χ3v) is 8.03. The summed E-state index contributed by atoms with van der Waals surface area (Å²) in [6, 6.07) is 8.65. The van der Waals surface area contributed by atoms with Crippen LogP contribution in [0.15, 0.2) is 58.0 Å². The number of anilines is 1. The molecule has 1 fully saturated rings. The molecule has 1 atom stereocenters. The molecular formula is C23H19BrCl2F3N3O4S. The van der Waals surface area contributed by atoms with Crippen LogP contribution in [0.3, 0.4) is 0 Å². The Bertz CT molecular complexity index is 1430. The minimum atomic E-state index is -4.67. The number of likely N-dealkylation sites (tertiary alicyclic amines) is 1. The van der Waals surface area contributed by atoms with Gasteiger partial charge in [0.15, 0.2) is 0 Å². The van der Waals surface area contributed by atoms with Crippen LogP contribution in [0.5, 0.6) is 17.4 Å². The molecule has 0 bridgehead atoms. The van der Waals surface area contributed by atoms with E-state index in [-0.39, 0.29) is 26.0 Å². The van der Waals surface area contributed by atoms with Gasteiger partial charge >= 0.3 is 6.18 Å². The molecule has 3 aromatic rings. The lowest BCUT2D eigenvalue weighted by atomic mass is 10.1. The van der Waals surface area contributed by atoms with Crippen molar-refractivity contribution >= 4 is 54.8 Å². The molecule has 7 nitrogen and oxygen atoms in total. The maximum Gasteiger partial charge on any atom is 0.419 e. The van der Waals surface area contributed by atoms with E-state index >= 15 is 0 Å². The molecule has 14 heteroatoms. The number of likely N-dealkylation sites (N-methyl/N-ethyl adjacent to an activating group) is 1. The van der Waals surface area contributed by atoms with Gasteiger partial charge in [0.2, 0.25) is 5.88 Å². The number of nitrogens with zero attached hydrogens (tertiary/aromatic N) is 2. The number of aromatic nitrogens is 1. The number of hydrogen-bond acceptors (Lipinski definition) is 6. The first-order chi connectivity index (χ1) is 17.3. The van der Waals surface area contributed by atoms with Crippen LogP contribution >= 0.6 is 39.1 Å². The molecular weight excluding hydrogens is 622 g/mol. The lowest BCUT2D eigenvalue weighted by Gasteiger charge is -2.19. The number of nitrogens with one attached hydrogen (secondary N) is 1. The molecule has 1 unspecified atom stereocenters. The highest BCUT2D eigenvalue weighted by atomic mass is 79.9. The number of hydrogen-bond donors (Lipinski definition) is 1. The molecule has 1 aliphatic rings. The lowest BCUT2D eigenvalue weighted by molar-refractivity contribution is -0.139. The summed E-state index contributed by atoms with van der Waals surface area (Å²) in [5.41, 5.74) is -1.08. The van der Waals surface area contributed by atoms with Crippen molar-refractivity contribution < 1.29 is 31.1 Å². The third kappa shape index (κ3) is 6.80. The van der Waals surface area contributed by atoms with E-state index in [1.165, 1.54) is 18.2 Å². The minimum absolute atomic E-state index is 0.0593. The lowest BCUT2D eigenvalue weighted by Crippen LogP contribution is -2.23. The van der Waals surface area contributed by atoms with Crippen LogP contribution < -0.4 is 14.2 Å². The van der Waals surface area contributed by atoms with E-state index in [9.17, 15) is 21.6 Å². The molecule has 1 aliphatic heterocycles. The van der Waals surface area contributed by atoms with Gasteiger partial charge in [0, 0.05) is 25.2 Å². The Labute approximate surface area is 229 Å². The molecule has 0 radical (unpaired) electrons. The van der Waals surface area contributed by atoms with E-state index in [4.69, 9.17) is 32.7 Å². The van der Waals surface area contributed by atoms with Crippen molar-refractivity contribution in [1.82, 2.24) is 9.88 Å². The molecule has 198 valence electrons. The average molecular weight is 641 g/mol. The minimum Gasteiger partial charge on any atom is -0.488 e. The number of pyridine rings is 1. The Morgan fingerprint density at radius 2 is 1.89 bits per heavy atom. The topological polar surface area (TPSA) is 80.8 Å². The standard InChI is InChI=1S/C23H19BrCl2F3N3O4S/c1-32-7-6-15(12-32)35-21-8-13(2-4-17(21)23(27,28)29)31-37(33,34)16-10-18(24)22(30-11-16)36-14-3-5-19(25)20(26)9-14/h2-5,8-11,15,31H,6-7,12H2,1H3. The van der Waals surface area contributed by atoms with Crippen molar-refractivity contribution in [2.45, 2.75) is 23.6 Å². The van der Waals surface area contributed by atoms with Crippen molar-refractivity contribution in [2.75, 3.05) is 24.9 Å². The Morgan fingerprint density at radius 3 is 2.51 bits per heavy atom. The predicted molar refractivity (Wildman–Crippen MR) is 137 cm³/mol. The summed E-state index contributed by atoms with van der Waals surface area (Å²) in [6.07, 6.45) is -3.51. The molecule has 4 rings (SSSR count). The van der Waals surface area contributed by atoms with Gasteiger partial charge in [0.05, 0.1) is 32.0 Å². The first-order valence-corrected chi connectivity index (χ1v) is 13.7. The Balaban J connectivity index is 1.56. The predicted octanol–water partition coefficient (Wildman–Crippen LogP) is 6.85. The van der Waals surface area contributed by atoms with Crippen LogP contribution in [0.2, 0.25) is 10.0 Å². The summed E-state index contributed by atoms with van der Waals surface area (Å²) < 4.78 is 80.3. The Morgan fingerprint density at radius 1 is 1.14 bits per heavy atom. The van der Waals surface area contributed by atoms with Crippen molar-refractivity contribution in [3.63, 3.8) is 0 Å². The molecule has 1 N–H and O–H groups in total. The quantitative estimate of drug-likeness (QED) is 0.304. The second kappa shape index (κ2) is 10.9. The maximum absolute atomic E-state index is 13.5. The van der Waals surface area contributed by atoms with Gasteiger partial charge in [-0.1, -0.05) is 23.2 Å². The van der Waals surface area contributed by atoms with Crippen LogP contribution in [0.1, 0.15) is 12.0 Å². The largest absolute Gasteiger partial charge is 0.488 e. The SMILES string of the molecule is CN1CCC(Oc2cc(NS(=O)(=O)c3cnc(Oc4ccc(Cl)c(Cl)c4)c(Br)c3)ccc2C(F)(F)F)C1. The smallest absolute Gasteiger partial charge is 0.419 e. The highest BCUT2D eigenvalue weighted by Gasteiger charge is 2.36.